The van der Waals surface area contributed by atoms with Gasteiger partial charge in [-0.05, 0) is 30.7 Å². The van der Waals surface area contributed by atoms with Crippen molar-refractivity contribution >= 4 is 28.0 Å². The van der Waals surface area contributed by atoms with E-state index in [2.05, 4.69) is 15.0 Å². The van der Waals surface area contributed by atoms with Crippen molar-refractivity contribution in [2.75, 3.05) is 26.6 Å². The molecule has 0 atom stereocenters. The standard InChI is InChI=1S/C16H17FN2O3S/c1-9(7-13(20)22-4)15-14(19-16(18-2)23-15)11-8-10(17)5-6-12(11)21-3/h5-8H,1-4H3,(H,18,19)/b9-7+. The first-order valence-corrected chi connectivity index (χ1v) is 7.61. The molecule has 23 heavy (non-hydrogen) atoms. The van der Waals surface area contributed by atoms with Crippen molar-refractivity contribution in [1.82, 2.24) is 4.98 Å². The number of allylic oxidation sites excluding steroid dienone is 1. The summed E-state index contributed by atoms with van der Waals surface area (Å²) in [5.41, 5.74) is 1.75. The number of halogens is 1. The fraction of sp³-hybridized carbons (Fsp3) is 0.250. The molecule has 7 heteroatoms. The minimum Gasteiger partial charge on any atom is -0.496 e. The molecule has 0 spiro atoms. The number of hydrogen-bond acceptors (Lipinski definition) is 6. The van der Waals surface area contributed by atoms with E-state index in [1.165, 1.54) is 43.8 Å². The van der Waals surface area contributed by atoms with Crippen LogP contribution in [0.2, 0.25) is 0 Å². The van der Waals surface area contributed by atoms with E-state index in [1.54, 1.807) is 20.0 Å². The zero-order valence-corrected chi connectivity index (χ0v) is 14.1. The molecule has 0 bridgehead atoms. The van der Waals surface area contributed by atoms with Gasteiger partial charge in [0, 0.05) is 18.7 Å². The van der Waals surface area contributed by atoms with E-state index < -0.39 is 5.97 Å². The number of aromatic nitrogens is 1. The number of methoxy groups -OCH3 is 2. The van der Waals surface area contributed by atoms with Gasteiger partial charge in [-0.1, -0.05) is 11.3 Å². The van der Waals surface area contributed by atoms with Crippen molar-refractivity contribution in [2.24, 2.45) is 0 Å². The smallest absolute Gasteiger partial charge is 0.330 e. The molecule has 0 saturated heterocycles. The summed E-state index contributed by atoms with van der Waals surface area (Å²) >= 11 is 1.36. The average Bonchev–Trinajstić information content (AvgIpc) is 2.99. The molecule has 2 aromatic rings. The Kier molecular flexibility index (Phi) is 5.33. The predicted molar refractivity (Wildman–Crippen MR) is 89.3 cm³/mol. The average molecular weight is 336 g/mol. The molecule has 0 saturated carbocycles. The number of carbonyl (C=O) groups is 1. The Labute approximate surface area is 137 Å². The maximum atomic E-state index is 13.7. The van der Waals surface area contributed by atoms with Gasteiger partial charge < -0.3 is 14.8 Å². The predicted octanol–water partition coefficient (Wildman–Crippen LogP) is 3.58. The molecule has 122 valence electrons. The molecule has 1 aromatic carbocycles. The van der Waals surface area contributed by atoms with E-state index in [0.29, 0.717) is 27.7 Å². The number of nitrogens with zero attached hydrogens (tertiary/aromatic N) is 1. The number of rotatable bonds is 5. The number of esters is 1. The Morgan fingerprint density at radius 2 is 2.13 bits per heavy atom. The summed E-state index contributed by atoms with van der Waals surface area (Å²) in [6.07, 6.45) is 1.38. The normalized spacial score (nSPS) is 11.3. The topological polar surface area (TPSA) is 60.5 Å². The van der Waals surface area contributed by atoms with Gasteiger partial charge in [0.15, 0.2) is 5.13 Å². The molecule has 2 rings (SSSR count). The Morgan fingerprint density at radius 1 is 1.39 bits per heavy atom. The first kappa shape index (κ1) is 17.0. The van der Waals surface area contributed by atoms with E-state index in [4.69, 9.17) is 4.74 Å². The second-order valence-corrected chi connectivity index (χ2v) is 5.64. The molecule has 0 unspecified atom stereocenters. The second-order valence-electron chi connectivity index (χ2n) is 4.64. The lowest BCUT2D eigenvalue weighted by molar-refractivity contribution is -0.134. The van der Waals surface area contributed by atoms with Gasteiger partial charge in [-0.3, -0.25) is 0 Å². The molecular formula is C16H17FN2O3S. The van der Waals surface area contributed by atoms with Crippen LogP contribution >= 0.6 is 11.3 Å². The highest BCUT2D eigenvalue weighted by atomic mass is 32.1. The SMILES string of the molecule is CNc1nc(-c2cc(F)ccc2OC)c(/C(C)=C/C(=O)OC)s1. The van der Waals surface area contributed by atoms with Gasteiger partial charge in [0.05, 0.1) is 24.8 Å². The van der Waals surface area contributed by atoms with E-state index in [9.17, 15) is 9.18 Å². The summed E-state index contributed by atoms with van der Waals surface area (Å²) < 4.78 is 23.6. The highest BCUT2D eigenvalue weighted by molar-refractivity contribution is 7.17. The molecule has 0 fully saturated rings. The van der Waals surface area contributed by atoms with E-state index in [-0.39, 0.29) is 5.82 Å². The molecule has 0 aliphatic carbocycles. The highest BCUT2D eigenvalue weighted by Crippen LogP contribution is 2.39. The van der Waals surface area contributed by atoms with Gasteiger partial charge in [-0.2, -0.15) is 0 Å². The van der Waals surface area contributed by atoms with Crippen molar-refractivity contribution in [3.8, 4) is 17.0 Å². The molecule has 0 aliphatic rings. The summed E-state index contributed by atoms with van der Waals surface area (Å²) in [6, 6.07) is 4.24. The lowest BCUT2D eigenvalue weighted by Crippen LogP contribution is -1.96. The summed E-state index contributed by atoms with van der Waals surface area (Å²) in [7, 11) is 4.57. The maximum absolute atomic E-state index is 13.7. The van der Waals surface area contributed by atoms with Crippen molar-refractivity contribution in [3.63, 3.8) is 0 Å². The van der Waals surface area contributed by atoms with Crippen molar-refractivity contribution in [2.45, 2.75) is 6.92 Å². The van der Waals surface area contributed by atoms with Gasteiger partial charge in [-0.15, -0.1) is 0 Å². The van der Waals surface area contributed by atoms with E-state index >= 15 is 0 Å². The lowest BCUT2D eigenvalue weighted by Gasteiger charge is -2.08. The fourth-order valence-corrected chi connectivity index (χ4v) is 2.95. The van der Waals surface area contributed by atoms with Crippen LogP contribution in [0.15, 0.2) is 24.3 Å². The van der Waals surface area contributed by atoms with Crippen LogP contribution in [0.1, 0.15) is 11.8 Å². The molecule has 5 nitrogen and oxygen atoms in total. The van der Waals surface area contributed by atoms with Gasteiger partial charge in [0.25, 0.3) is 0 Å². The third-order valence-electron chi connectivity index (χ3n) is 3.15. The summed E-state index contributed by atoms with van der Waals surface area (Å²) in [4.78, 5) is 16.7. The first-order chi connectivity index (χ1) is 11.0. The molecule has 0 radical (unpaired) electrons. The van der Waals surface area contributed by atoms with Crippen molar-refractivity contribution in [1.29, 1.82) is 0 Å². The Bertz CT molecular complexity index is 756. The number of carbonyl (C=O) groups excluding carboxylic acids is 1. The Hall–Kier alpha value is -2.41. The molecule has 1 aromatic heterocycles. The van der Waals surface area contributed by atoms with E-state index in [0.717, 1.165) is 4.88 Å². The summed E-state index contributed by atoms with van der Waals surface area (Å²) in [5.74, 6) is -0.342. The Balaban J connectivity index is 2.63. The second kappa shape index (κ2) is 7.23. The Morgan fingerprint density at radius 3 is 2.74 bits per heavy atom. The molecule has 1 N–H and O–H groups in total. The first-order valence-electron chi connectivity index (χ1n) is 6.79. The van der Waals surface area contributed by atoms with Crippen LogP contribution in [0.5, 0.6) is 5.75 Å². The summed E-state index contributed by atoms with van der Waals surface area (Å²) in [5, 5.41) is 3.61. The van der Waals surface area contributed by atoms with Gasteiger partial charge in [-0.25, -0.2) is 14.2 Å². The molecule has 1 heterocycles. The maximum Gasteiger partial charge on any atom is 0.330 e. The highest BCUT2D eigenvalue weighted by Gasteiger charge is 2.19. The van der Waals surface area contributed by atoms with Gasteiger partial charge in [0.2, 0.25) is 0 Å². The third kappa shape index (κ3) is 3.68. The van der Waals surface area contributed by atoms with Crippen LogP contribution in [0, 0.1) is 5.82 Å². The van der Waals surface area contributed by atoms with Crippen LogP contribution in [0.3, 0.4) is 0 Å². The third-order valence-corrected chi connectivity index (χ3v) is 4.36. The quantitative estimate of drug-likeness (QED) is 0.668. The van der Waals surface area contributed by atoms with E-state index in [1.807, 2.05) is 0 Å². The number of ether oxygens (including phenoxy) is 2. The van der Waals surface area contributed by atoms with Crippen molar-refractivity contribution in [3.05, 3.63) is 35.0 Å². The lowest BCUT2D eigenvalue weighted by atomic mass is 10.1. The largest absolute Gasteiger partial charge is 0.496 e. The molecule has 0 amide bonds. The van der Waals surface area contributed by atoms with Gasteiger partial charge >= 0.3 is 5.97 Å². The molecular weight excluding hydrogens is 319 g/mol. The zero-order valence-electron chi connectivity index (χ0n) is 13.3. The van der Waals surface area contributed by atoms with Crippen molar-refractivity contribution < 1.29 is 18.7 Å². The summed E-state index contributed by atoms with van der Waals surface area (Å²) in [6.45, 7) is 1.78. The zero-order chi connectivity index (χ0) is 17.0. The fourth-order valence-electron chi connectivity index (χ4n) is 2.04. The number of nitrogens with one attached hydrogen (secondary N) is 1. The number of thiazole rings is 1. The number of benzene rings is 1. The van der Waals surface area contributed by atoms with Crippen LogP contribution in [0.4, 0.5) is 9.52 Å². The van der Waals surface area contributed by atoms with Crippen LogP contribution < -0.4 is 10.1 Å². The minimum absolute atomic E-state index is 0.389. The van der Waals surface area contributed by atoms with Gasteiger partial charge in [0.1, 0.15) is 11.6 Å². The van der Waals surface area contributed by atoms with Crippen LogP contribution in [0.25, 0.3) is 16.8 Å². The number of hydrogen-bond donors (Lipinski definition) is 1. The monoisotopic (exact) mass is 336 g/mol. The van der Waals surface area contributed by atoms with Crippen LogP contribution in [-0.2, 0) is 9.53 Å². The molecule has 0 aliphatic heterocycles. The number of anilines is 1. The minimum atomic E-state index is -0.459. The van der Waals surface area contributed by atoms with Crippen LogP contribution in [-0.4, -0.2) is 32.2 Å².